The summed E-state index contributed by atoms with van der Waals surface area (Å²) in [6.45, 7) is 0. The minimum absolute atomic E-state index is 0. The van der Waals surface area contributed by atoms with Gasteiger partial charge in [0.15, 0.2) is 0 Å². The Kier molecular flexibility index (Phi) is 103. The molecule has 0 nitrogen and oxygen atoms in total. The summed E-state index contributed by atoms with van der Waals surface area (Å²) in [4.78, 5) is 0. The van der Waals surface area contributed by atoms with Crippen LogP contribution in [0.3, 0.4) is 0 Å². The summed E-state index contributed by atoms with van der Waals surface area (Å²) in [5.74, 6) is 0. The van der Waals surface area contributed by atoms with E-state index in [1.54, 1.807) is 0 Å². The molecule has 0 saturated carbocycles. The molecule has 0 aliphatic rings. The van der Waals surface area contributed by atoms with Gasteiger partial charge in [-0.3, -0.25) is 0 Å². The zero-order valence-electron chi connectivity index (χ0n) is 2.73. The molecule has 0 aliphatic carbocycles. The van der Waals surface area contributed by atoms with Crippen molar-refractivity contribution in [3.05, 3.63) is 0 Å². The van der Waals surface area contributed by atoms with Gasteiger partial charge in [0.25, 0.3) is 0 Å². The largest absolute Gasteiger partial charge is 0 e. The van der Waals surface area contributed by atoms with E-state index in [2.05, 4.69) is 0 Å². The van der Waals surface area contributed by atoms with Gasteiger partial charge in [-0.2, -0.15) is 0 Å². The molecule has 0 heterocycles. The average molecular weight is 248 g/mol. The quantitative estimate of drug-likeness (QED) is 0.457. The molecule has 0 atom stereocenters. The normalized spacial score (nSPS) is 0. The Balaban J connectivity index is 0. The Bertz CT molecular complexity index is 3.25. The van der Waals surface area contributed by atoms with Crippen LogP contribution in [0.5, 0.6) is 0 Å². The third-order valence-electron chi connectivity index (χ3n) is 0. The van der Waals surface area contributed by atoms with Crippen LogP contribution in [0.15, 0.2) is 0 Å². The van der Waals surface area contributed by atoms with Crippen LogP contribution in [0.4, 0.5) is 0 Å². The SMILES string of the molecule is [Ga].[Ga].[Ga].[K]. The van der Waals surface area contributed by atoms with E-state index in [4.69, 9.17) is 0 Å². The van der Waals surface area contributed by atoms with Crippen LogP contribution in [-0.4, -0.2) is 111 Å². The Morgan fingerprint density at radius 3 is 0.500 bits per heavy atom. The zero-order valence-corrected chi connectivity index (χ0v) is 13.1. The van der Waals surface area contributed by atoms with Crippen molar-refractivity contribution in [2.45, 2.75) is 0 Å². The van der Waals surface area contributed by atoms with Gasteiger partial charge < -0.3 is 0 Å². The maximum absolute atomic E-state index is 0. The minimum Gasteiger partial charge on any atom is 0 e. The van der Waals surface area contributed by atoms with Gasteiger partial charge in [0, 0.05) is 111 Å². The molecule has 10 valence electrons. The van der Waals surface area contributed by atoms with Crippen LogP contribution < -0.4 is 0 Å². The number of hydrogen-bond acceptors (Lipinski definition) is 0. The van der Waals surface area contributed by atoms with Crippen LogP contribution >= 0.6 is 0 Å². The Hall–Kier alpha value is 3.55. The summed E-state index contributed by atoms with van der Waals surface area (Å²) in [6.07, 6.45) is 0. The molecule has 4 heavy (non-hydrogen) atoms. The van der Waals surface area contributed by atoms with Crippen molar-refractivity contribution in [1.29, 1.82) is 0 Å². The third-order valence-corrected chi connectivity index (χ3v) is 0. The molecule has 0 aliphatic heterocycles. The molecule has 0 spiro atoms. The fourth-order valence-corrected chi connectivity index (χ4v) is 0. The predicted molar refractivity (Wildman–Crippen MR) is 23.0 cm³/mol. The summed E-state index contributed by atoms with van der Waals surface area (Å²) in [5.41, 5.74) is 0. The van der Waals surface area contributed by atoms with Crippen molar-refractivity contribution in [2.75, 3.05) is 0 Å². The Labute approximate surface area is 108 Å². The first kappa shape index (κ1) is 25.7. The summed E-state index contributed by atoms with van der Waals surface area (Å²) in [5, 5.41) is 0. The maximum Gasteiger partial charge on any atom is 0 e. The van der Waals surface area contributed by atoms with Crippen LogP contribution in [0.1, 0.15) is 0 Å². The molecule has 0 bridgehead atoms. The summed E-state index contributed by atoms with van der Waals surface area (Å²) >= 11 is 0. The van der Waals surface area contributed by atoms with Crippen LogP contribution in [0.25, 0.3) is 0 Å². The van der Waals surface area contributed by atoms with Crippen molar-refractivity contribution >= 4 is 111 Å². The molecule has 0 N–H and O–H groups in total. The van der Waals surface area contributed by atoms with Crippen molar-refractivity contribution < 1.29 is 0 Å². The summed E-state index contributed by atoms with van der Waals surface area (Å²) in [6, 6.07) is 0. The smallest absolute Gasteiger partial charge is 0 e. The maximum atomic E-state index is 0. The van der Waals surface area contributed by atoms with Crippen LogP contribution in [0.2, 0.25) is 0 Å². The molecule has 0 aromatic heterocycles. The molecule has 0 unspecified atom stereocenters. The van der Waals surface area contributed by atoms with Crippen LogP contribution in [-0.2, 0) is 0 Å². The second-order valence-corrected chi connectivity index (χ2v) is 0. The van der Waals surface area contributed by atoms with Crippen molar-refractivity contribution in [3.63, 3.8) is 0 Å². The van der Waals surface area contributed by atoms with Crippen molar-refractivity contribution in [1.82, 2.24) is 0 Å². The van der Waals surface area contributed by atoms with E-state index in [1.807, 2.05) is 0 Å². The number of hydrogen-bond donors (Lipinski definition) is 0. The van der Waals surface area contributed by atoms with E-state index in [0.29, 0.717) is 0 Å². The average Bonchev–Trinajstić information content (AvgIpc) is 0. The van der Waals surface area contributed by atoms with E-state index in [1.165, 1.54) is 0 Å². The van der Waals surface area contributed by atoms with E-state index in [9.17, 15) is 0 Å². The first-order chi connectivity index (χ1) is 0. The fourth-order valence-electron chi connectivity index (χ4n) is 0. The third kappa shape index (κ3) is 9.11. The molecular weight excluding hydrogens is 248 g/mol. The van der Waals surface area contributed by atoms with E-state index in [-0.39, 0.29) is 111 Å². The van der Waals surface area contributed by atoms with E-state index < -0.39 is 0 Å². The molecule has 0 fully saturated rings. The molecule has 0 amide bonds. The first-order valence-electron chi connectivity index (χ1n) is 0. The molecular formula is Ga3K. The second-order valence-electron chi connectivity index (χ2n) is 0. The van der Waals surface area contributed by atoms with Gasteiger partial charge in [-0.1, -0.05) is 0 Å². The first-order valence-corrected chi connectivity index (χ1v) is 0. The fraction of sp³-hybridized carbons (Fsp3) is 0. The topological polar surface area (TPSA) is 0 Å². The zero-order chi connectivity index (χ0) is 0. The summed E-state index contributed by atoms with van der Waals surface area (Å²) in [7, 11) is 0. The molecule has 0 rings (SSSR count). The molecule has 4 heteroatoms. The molecule has 10 radical (unpaired) electrons. The minimum atomic E-state index is 0. The van der Waals surface area contributed by atoms with E-state index >= 15 is 0 Å². The van der Waals surface area contributed by atoms with Gasteiger partial charge in [-0.05, 0) is 0 Å². The Morgan fingerprint density at radius 1 is 0.500 bits per heavy atom. The van der Waals surface area contributed by atoms with E-state index in [0.717, 1.165) is 0 Å². The summed E-state index contributed by atoms with van der Waals surface area (Å²) < 4.78 is 0. The van der Waals surface area contributed by atoms with Gasteiger partial charge in [-0.25, -0.2) is 0 Å². The molecule has 0 saturated heterocycles. The van der Waals surface area contributed by atoms with Crippen LogP contribution in [0, 0.1) is 0 Å². The van der Waals surface area contributed by atoms with Gasteiger partial charge in [-0.15, -0.1) is 0 Å². The molecule has 0 aromatic rings. The monoisotopic (exact) mass is 246 g/mol. The standard InChI is InChI=1S/3Ga.K. The van der Waals surface area contributed by atoms with Gasteiger partial charge in [0.05, 0.1) is 0 Å². The Morgan fingerprint density at radius 2 is 0.500 bits per heavy atom. The van der Waals surface area contributed by atoms with Gasteiger partial charge in [0.2, 0.25) is 0 Å². The van der Waals surface area contributed by atoms with Crippen molar-refractivity contribution in [3.8, 4) is 0 Å². The van der Waals surface area contributed by atoms with Crippen molar-refractivity contribution in [2.24, 2.45) is 0 Å². The van der Waals surface area contributed by atoms with Gasteiger partial charge >= 0.3 is 0 Å². The second kappa shape index (κ2) is 16.0. The predicted octanol–water partition coefficient (Wildman–Crippen LogP) is -1.52. The van der Waals surface area contributed by atoms with Gasteiger partial charge in [0.1, 0.15) is 0 Å². The molecule has 0 aromatic carbocycles. The number of rotatable bonds is 0.